The summed E-state index contributed by atoms with van der Waals surface area (Å²) in [6.45, 7) is 3.71. The van der Waals surface area contributed by atoms with E-state index in [-0.39, 0.29) is 5.91 Å². The number of hydrogen-bond acceptors (Lipinski definition) is 4. The molecule has 1 fully saturated rings. The molecule has 3 rings (SSSR count). The maximum absolute atomic E-state index is 12.0. The van der Waals surface area contributed by atoms with Gasteiger partial charge in [0.05, 0.1) is 6.54 Å². The van der Waals surface area contributed by atoms with Crippen LogP contribution in [-0.4, -0.2) is 31.7 Å². The van der Waals surface area contributed by atoms with E-state index in [1.165, 1.54) is 19.3 Å². The summed E-state index contributed by atoms with van der Waals surface area (Å²) in [5, 5.41) is 6.24. The fraction of sp³-hybridized carbons (Fsp3) is 0.562. The average molecular weight is 290 g/mol. The molecule has 1 aliphatic heterocycles. The summed E-state index contributed by atoms with van der Waals surface area (Å²) >= 11 is 0. The van der Waals surface area contributed by atoms with Crippen LogP contribution in [0.25, 0.3) is 0 Å². The zero-order chi connectivity index (χ0) is 14.7. The molecule has 5 heteroatoms. The lowest BCUT2D eigenvalue weighted by atomic mass is 10.1. The summed E-state index contributed by atoms with van der Waals surface area (Å²) in [4.78, 5) is 12.0. The van der Waals surface area contributed by atoms with Crippen LogP contribution < -0.4 is 20.1 Å². The van der Waals surface area contributed by atoms with E-state index >= 15 is 0 Å². The first-order valence-electron chi connectivity index (χ1n) is 7.65. The Balaban J connectivity index is 1.52. The van der Waals surface area contributed by atoms with E-state index in [1.54, 1.807) is 0 Å². The second kappa shape index (κ2) is 6.35. The number of amides is 1. The van der Waals surface area contributed by atoms with Crippen molar-refractivity contribution in [1.82, 2.24) is 5.32 Å². The summed E-state index contributed by atoms with van der Waals surface area (Å²) in [6, 6.07) is 5.95. The molecule has 2 atom stereocenters. The van der Waals surface area contributed by atoms with Gasteiger partial charge in [0.1, 0.15) is 13.2 Å². The highest BCUT2D eigenvalue weighted by Crippen LogP contribution is 2.32. The Morgan fingerprint density at radius 2 is 2.05 bits per heavy atom. The number of ether oxygens (including phenoxy) is 2. The van der Waals surface area contributed by atoms with Gasteiger partial charge in [-0.15, -0.1) is 0 Å². The molecule has 0 aromatic heterocycles. The van der Waals surface area contributed by atoms with Gasteiger partial charge in [0.15, 0.2) is 11.5 Å². The van der Waals surface area contributed by atoms with Gasteiger partial charge in [-0.3, -0.25) is 4.79 Å². The molecule has 114 valence electrons. The van der Waals surface area contributed by atoms with Crippen molar-refractivity contribution >= 4 is 11.6 Å². The Kier molecular flexibility index (Phi) is 4.29. The normalized spacial score (nSPS) is 23.9. The monoisotopic (exact) mass is 290 g/mol. The summed E-state index contributed by atoms with van der Waals surface area (Å²) in [5.41, 5.74) is 0.741. The van der Waals surface area contributed by atoms with E-state index in [0.717, 1.165) is 11.4 Å². The third-order valence-electron chi connectivity index (χ3n) is 4.21. The molecule has 1 saturated carbocycles. The maximum atomic E-state index is 12.0. The maximum Gasteiger partial charge on any atom is 0.238 e. The second-order valence-corrected chi connectivity index (χ2v) is 5.80. The van der Waals surface area contributed by atoms with E-state index in [0.29, 0.717) is 37.5 Å². The van der Waals surface area contributed by atoms with Crippen molar-refractivity contribution in [3.05, 3.63) is 18.2 Å². The van der Waals surface area contributed by atoms with Gasteiger partial charge in [-0.1, -0.05) is 13.3 Å². The summed E-state index contributed by atoms with van der Waals surface area (Å²) in [5.74, 6) is 2.06. The smallest absolute Gasteiger partial charge is 0.238 e. The molecule has 0 spiro atoms. The molecule has 1 aromatic carbocycles. The number of hydrogen-bond donors (Lipinski definition) is 2. The number of nitrogens with one attached hydrogen (secondary N) is 2. The predicted octanol–water partition coefficient (Wildman–Crippen LogP) is 2.17. The van der Waals surface area contributed by atoms with Gasteiger partial charge >= 0.3 is 0 Å². The summed E-state index contributed by atoms with van der Waals surface area (Å²) in [7, 11) is 0. The highest BCUT2D eigenvalue weighted by molar-refractivity contribution is 5.92. The lowest BCUT2D eigenvalue weighted by Crippen LogP contribution is -2.37. The van der Waals surface area contributed by atoms with Crippen LogP contribution in [0, 0.1) is 5.92 Å². The molecule has 1 amide bonds. The highest BCUT2D eigenvalue weighted by Gasteiger charge is 2.23. The van der Waals surface area contributed by atoms with E-state index in [9.17, 15) is 4.79 Å². The lowest BCUT2D eigenvalue weighted by molar-refractivity contribution is -0.115. The predicted molar refractivity (Wildman–Crippen MR) is 80.9 cm³/mol. The van der Waals surface area contributed by atoms with Crippen LogP contribution in [0.4, 0.5) is 5.69 Å². The van der Waals surface area contributed by atoms with Crippen molar-refractivity contribution in [3.8, 4) is 11.5 Å². The van der Waals surface area contributed by atoms with Crippen molar-refractivity contribution < 1.29 is 14.3 Å². The van der Waals surface area contributed by atoms with Crippen LogP contribution in [0.2, 0.25) is 0 Å². The second-order valence-electron chi connectivity index (χ2n) is 5.80. The van der Waals surface area contributed by atoms with Crippen LogP contribution in [0.1, 0.15) is 26.2 Å². The van der Waals surface area contributed by atoms with Crippen LogP contribution in [0.5, 0.6) is 11.5 Å². The molecule has 2 unspecified atom stereocenters. The van der Waals surface area contributed by atoms with E-state index in [1.807, 2.05) is 18.2 Å². The fourth-order valence-electron chi connectivity index (χ4n) is 3.00. The molecule has 0 saturated heterocycles. The Morgan fingerprint density at radius 3 is 2.81 bits per heavy atom. The number of carbonyl (C=O) groups is 1. The van der Waals surface area contributed by atoms with Gasteiger partial charge in [0, 0.05) is 17.8 Å². The molecular formula is C16H22N2O3. The summed E-state index contributed by atoms with van der Waals surface area (Å²) in [6.07, 6.45) is 3.67. The van der Waals surface area contributed by atoms with Gasteiger partial charge in [0.2, 0.25) is 5.91 Å². The number of carbonyl (C=O) groups excluding carboxylic acids is 1. The SMILES string of the molecule is CC1CCCC1NCC(=O)Nc1ccc2c(c1)OCCO2. The Labute approximate surface area is 125 Å². The molecule has 0 bridgehead atoms. The van der Waals surface area contributed by atoms with Crippen LogP contribution in [0.3, 0.4) is 0 Å². The van der Waals surface area contributed by atoms with Crippen LogP contribution >= 0.6 is 0 Å². The molecular weight excluding hydrogens is 268 g/mol. The zero-order valence-electron chi connectivity index (χ0n) is 12.4. The molecule has 5 nitrogen and oxygen atoms in total. The highest BCUT2D eigenvalue weighted by atomic mass is 16.6. The quantitative estimate of drug-likeness (QED) is 0.892. The summed E-state index contributed by atoms with van der Waals surface area (Å²) < 4.78 is 11.0. The molecule has 1 aromatic rings. The van der Waals surface area contributed by atoms with E-state index < -0.39 is 0 Å². The number of rotatable bonds is 4. The minimum atomic E-state index is -0.0224. The minimum Gasteiger partial charge on any atom is -0.486 e. The van der Waals surface area contributed by atoms with Crippen molar-refractivity contribution in [2.45, 2.75) is 32.2 Å². The van der Waals surface area contributed by atoms with Crippen molar-refractivity contribution in [3.63, 3.8) is 0 Å². The van der Waals surface area contributed by atoms with Crippen molar-refractivity contribution in [1.29, 1.82) is 0 Å². The topological polar surface area (TPSA) is 59.6 Å². The first-order valence-corrected chi connectivity index (χ1v) is 7.65. The Morgan fingerprint density at radius 1 is 1.24 bits per heavy atom. The van der Waals surface area contributed by atoms with Crippen molar-refractivity contribution in [2.75, 3.05) is 25.1 Å². The lowest BCUT2D eigenvalue weighted by Gasteiger charge is -2.19. The molecule has 0 radical (unpaired) electrons. The molecule has 2 aliphatic rings. The minimum absolute atomic E-state index is 0.0224. The zero-order valence-corrected chi connectivity index (χ0v) is 12.4. The molecule has 1 aliphatic carbocycles. The van der Waals surface area contributed by atoms with E-state index in [4.69, 9.17) is 9.47 Å². The van der Waals surface area contributed by atoms with Gasteiger partial charge in [-0.05, 0) is 30.9 Å². The van der Waals surface area contributed by atoms with Crippen molar-refractivity contribution in [2.24, 2.45) is 5.92 Å². The molecule has 1 heterocycles. The average Bonchev–Trinajstić information content (AvgIpc) is 2.90. The van der Waals surface area contributed by atoms with E-state index in [2.05, 4.69) is 17.6 Å². The number of benzene rings is 1. The largest absolute Gasteiger partial charge is 0.486 e. The van der Waals surface area contributed by atoms with Gasteiger partial charge < -0.3 is 20.1 Å². The Bertz CT molecular complexity index is 518. The van der Waals surface area contributed by atoms with Gasteiger partial charge in [-0.2, -0.15) is 0 Å². The standard InChI is InChI=1S/C16H22N2O3/c1-11-3-2-4-13(11)17-10-16(19)18-12-5-6-14-15(9-12)21-8-7-20-14/h5-6,9,11,13,17H,2-4,7-8,10H2,1H3,(H,18,19). The van der Waals surface area contributed by atoms with Gasteiger partial charge in [0.25, 0.3) is 0 Å². The fourth-order valence-corrected chi connectivity index (χ4v) is 3.00. The Hall–Kier alpha value is -1.75. The molecule has 2 N–H and O–H groups in total. The first-order chi connectivity index (χ1) is 10.2. The van der Waals surface area contributed by atoms with Crippen LogP contribution in [0.15, 0.2) is 18.2 Å². The van der Waals surface area contributed by atoms with Gasteiger partial charge in [-0.25, -0.2) is 0 Å². The van der Waals surface area contributed by atoms with Crippen LogP contribution in [-0.2, 0) is 4.79 Å². The number of fused-ring (bicyclic) bond motifs is 1. The third-order valence-corrected chi connectivity index (χ3v) is 4.21. The number of anilines is 1. The third kappa shape index (κ3) is 3.47. The first kappa shape index (κ1) is 14.2. The molecule has 21 heavy (non-hydrogen) atoms.